The first-order valence-electron chi connectivity index (χ1n) is 24.4. The predicted octanol–water partition coefficient (Wildman–Crippen LogP) is 10.3. The molecule has 1 aliphatic carbocycles. The summed E-state index contributed by atoms with van der Waals surface area (Å²) in [4.78, 5) is 56.8. The third-order valence-electron chi connectivity index (χ3n) is 14.5. The zero-order valence-electron chi connectivity index (χ0n) is 41.7. The van der Waals surface area contributed by atoms with Gasteiger partial charge in [-0.2, -0.15) is 11.4 Å². The fourth-order valence-corrected chi connectivity index (χ4v) is 10.3. The fraction of sp³-hybridized carbons (Fsp3) is 0.582. The molecule has 1 fully saturated rings. The summed E-state index contributed by atoms with van der Waals surface area (Å²) in [6.07, 6.45) is 21.6. The number of aromatic nitrogens is 3. The molecular formula is C55H74MgN4O5-2. The van der Waals surface area contributed by atoms with Gasteiger partial charge in [0.25, 0.3) is 0 Å². The first-order valence-corrected chi connectivity index (χ1v) is 24.4. The van der Waals surface area contributed by atoms with Gasteiger partial charge >= 0.3 is 35.0 Å². The summed E-state index contributed by atoms with van der Waals surface area (Å²) >= 11 is 0. The van der Waals surface area contributed by atoms with Crippen LogP contribution in [0, 0.1) is 56.3 Å². The minimum Gasteiger partial charge on any atom is -0.664 e. The first-order chi connectivity index (χ1) is 30.6. The molecule has 0 N–H and O–H groups in total. The molecule has 5 heterocycles. The van der Waals surface area contributed by atoms with Gasteiger partial charge in [-0.1, -0.05) is 151 Å². The van der Waals surface area contributed by atoms with Crippen LogP contribution in [0.3, 0.4) is 0 Å². The summed E-state index contributed by atoms with van der Waals surface area (Å²) in [5.74, 6) is -0.610. The summed E-state index contributed by atoms with van der Waals surface area (Å²) in [6, 6.07) is 0. The average molecular weight is 896 g/mol. The van der Waals surface area contributed by atoms with Gasteiger partial charge in [0.15, 0.2) is 5.78 Å². The van der Waals surface area contributed by atoms with Gasteiger partial charge in [0.2, 0.25) is 0 Å². The van der Waals surface area contributed by atoms with Crippen molar-refractivity contribution in [1.29, 1.82) is 0 Å². The van der Waals surface area contributed by atoms with Gasteiger partial charge in [-0.05, 0) is 95.5 Å². The fourth-order valence-electron chi connectivity index (χ4n) is 10.3. The van der Waals surface area contributed by atoms with Crippen LogP contribution in [0.5, 0.6) is 0 Å². The zero-order valence-corrected chi connectivity index (χ0v) is 43.1. The molecule has 0 spiro atoms. The van der Waals surface area contributed by atoms with Crippen LogP contribution in [0.25, 0.3) is 29.1 Å². The maximum atomic E-state index is 14.4. The van der Waals surface area contributed by atoms with Crippen LogP contribution in [0.1, 0.15) is 187 Å². The molecule has 65 heavy (non-hydrogen) atoms. The summed E-state index contributed by atoms with van der Waals surface area (Å²) < 4.78 is 11.1. The number of methoxy groups -OCH3 is 1. The molecule has 0 saturated carbocycles. The first kappa shape index (κ1) is 52.0. The molecule has 9 nitrogen and oxygen atoms in total. The van der Waals surface area contributed by atoms with Crippen molar-refractivity contribution in [3.8, 4) is 0 Å². The van der Waals surface area contributed by atoms with Crippen LogP contribution in [0.2, 0.25) is 0 Å². The molecule has 1 saturated heterocycles. The number of Topliss-reactive ketones (excluding diaryl/α,β-unsaturated/α-hetero) is 1. The van der Waals surface area contributed by atoms with Crippen molar-refractivity contribution in [2.75, 3.05) is 13.7 Å². The number of hydrogen-bond acceptors (Lipinski definition) is 5. The van der Waals surface area contributed by atoms with E-state index in [-0.39, 0.29) is 59.7 Å². The van der Waals surface area contributed by atoms with Gasteiger partial charge in [0, 0.05) is 12.0 Å². The minimum atomic E-state index is -1.21. The molecule has 348 valence electrons. The van der Waals surface area contributed by atoms with Crippen molar-refractivity contribution in [3.63, 3.8) is 0 Å². The van der Waals surface area contributed by atoms with Crippen LogP contribution < -0.4 is 25.7 Å². The van der Waals surface area contributed by atoms with Crippen molar-refractivity contribution in [3.05, 3.63) is 95.2 Å². The molecule has 0 amide bonds. The Morgan fingerprint density at radius 3 is 2.05 bits per heavy atom. The van der Waals surface area contributed by atoms with E-state index < -0.39 is 11.9 Å². The maximum absolute atomic E-state index is 14.4. The number of rotatable bonds is 20. The molecule has 10 heteroatoms. The molecule has 5 atom stereocenters. The van der Waals surface area contributed by atoms with E-state index >= 15 is 0 Å². The standard InChI is InChI=1S/C55H75N4O5.Mg/c1-13-39-35(8)42-28-44-37(10)41(24-25-48(60)64-27-26-34(7)23-17-22-33(6)21-16-20-32(5)19-15-18-31(3)4)52(58-44)50-51(55(62)63-12)54(61)49-38(11)45(59-53(49)50)30-47-40(14-2)36(9)43(57-47)29-46(39)56-42;/h26,28-33,37,41,51H,13-25,27H2,1-12H3,(H-,58,59,61);/q-3;+2/p-1/b34-26+,43-29-,44-28-,47-30-;/t32-,33+,37+,41+,51-;/m1./s1. The van der Waals surface area contributed by atoms with Crippen LogP contribution in [0.15, 0.2) is 23.0 Å². The van der Waals surface area contributed by atoms with Crippen LogP contribution in [-0.4, -0.2) is 54.5 Å². The molecule has 3 aromatic heterocycles. The third-order valence-corrected chi connectivity index (χ3v) is 14.5. The minimum absolute atomic E-state index is 0. The number of fused-ring (bicyclic) bond motifs is 7. The number of hydrogen-bond donors (Lipinski definition) is 0. The van der Waals surface area contributed by atoms with Gasteiger partial charge < -0.3 is 29.7 Å². The number of ether oxygens (including phenoxy) is 2. The second-order valence-corrected chi connectivity index (χ2v) is 19.6. The number of esters is 2. The maximum Gasteiger partial charge on any atom is 2.00 e. The molecule has 0 aromatic carbocycles. The zero-order chi connectivity index (χ0) is 46.4. The van der Waals surface area contributed by atoms with E-state index in [1.54, 1.807) is 0 Å². The Hall–Kier alpha value is -4.02. The van der Waals surface area contributed by atoms with Crippen molar-refractivity contribution in [1.82, 2.24) is 15.0 Å². The van der Waals surface area contributed by atoms with E-state index in [0.29, 0.717) is 40.2 Å². The normalized spacial score (nSPS) is 21.7. The van der Waals surface area contributed by atoms with E-state index in [4.69, 9.17) is 29.7 Å². The van der Waals surface area contributed by atoms with E-state index in [1.807, 2.05) is 25.2 Å². The molecule has 2 aliphatic heterocycles. The van der Waals surface area contributed by atoms with Gasteiger partial charge in [-0.25, -0.2) is 0 Å². The second-order valence-electron chi connectivity index (χ2n) is 19.6. The molecular weight excluding hydrogens is 821 g/mol. The second kappa shape index (κ2) is 23.1. The Labute approximate surface area is 405 Å². The van der Waals surface area contributed by atoms with Crippen LogP contribution in [-0.2, 0) is 31.9 Å². The van der Waals surface area contributed by atoms with Gasteiger partial charge in [0.1, 0.15) is 12.5 Å². The quantitative estimate of drug-likeness (QED) is 0.0475. The Kier molecular flexibility index (Phi) is 18.5. The average Bonchev–Trinajstić information content (AvgIpc) is 3.99. The molecule has 6 rings (SSSR count). The summed E-state index contributed by atoms with van der Waals surface area (Å²) in [5, 5.41) is 6.93. The smallest absolute Gasteiger partial charge is 0.664 e. The van der Waals surface area contributed by atoms with Gasteiger partial charge in [-0.15, -0.1) is 33.5 Å². The number of carbonyl (C=O) groups is 3. The largest absolute Gasteiger partial charge is 2.00 e. The molecule has 0 unspecified atom stereocenters. The SMILES string of the molecule is CCc1c2[n-]c(c1C)/C=C1\[N-]/C(=C3\c4[n-]c(c(C)c4C(=O)[C@@H]3C(=O)OC)/C=c3\[n-]/c(c(C)c3CC)=C\2)[C@@H](CCC(=O)OC/C=C(\C)CCC[C@@H](C)CCC[C@H](C)CCCC(C)C)[C@@H]1C.[Mg+2]. The van der Waals surface area contributed by atoms with Crippen molar-refractivity contribution >= 4 is 64.6 Å². The summed E-state index contributed by atoms with van der Waals surface area (Å²) in [7, 11) is 1.30. The molecule has 8 bridgehead atoms. The van der Waals surface area contributed by atoms with E-state index in [0.717, 1.165) is 93.5 Å². The van der Waals surface area contributed by atoms with Crippen LogP contribution in [0.4, 0.5) is 0 Å². The van der Waals surface area contributed by atoms with Crippen molar-refractivity contribution in [2.24, 2.45) is 35.5 Å². The van der Waals surface area contributed by atoms with Crippen LogP contribution >= 0.6 is 0 Å². The van der Waals surface area contributed by atoms with E-state index in [1.165, 1.54) is 57.6 Å². The Morgan fingerprint density at radius 2 is 1.40 bits per heavy atom. The number of nitrogens with zero attached hydrogens (tertiary/aromatic N) is 4. The van der Waals surface area contributed by atoms with E-state index in [9.17, 15) is 14.4 Å². The Morgan fingerprint density at radius 1 is 0.769 bits per heavy atom. The van der Waals surface area contributed by atoms with Gasteiger partial charge in [0.05, 0.1) is 7.11 Å². The number of allylic oxidation sites excluding steroid dienone is 3. The van der Waals surface area contributed by atoms with Crippen molar-refractivity contribution in [2.45, 2.75) is 160 Å². The molecule has 3 aliphatic rings. The number of carbonyl (C=O) groups excluding carboxylic acids is 3. The monoisotopic (exact) mass is 895 g/mol. The number of ketones is 1. The predicted molar refractivity (Wildman–Crippen MR) is 264 cm³/mol. The van der Waals surface area contributed by atoms with Gasteiger partial charge in [-0.3, -0.25) is 14.4 Å². The third kappa shape index (κ3) is 11.8. The summed E-state index contributed by atoms with van der Waals surface area (Å²) in [6.45, 7) is 24.2. The summed E-state index contributed by atoms with van der Waals surface area (Å²) in [5.41, 5.74) is 11.4. The van der Waals surface area contributed by atoms with E-state index in [2.05, 4.69) is 75.3 Å². The Balaban J connectivity index is 0.00000793. The molecule has 0 radical (unpaired) electrons. The Bertz CT molecular complexity index is 2420. The van der Waals surface area contributed by atoms with Crippen molar-refractivity contribution < 1.29 is 23.9 Å². The topological polar surface area (TPSA) is 126 Å². The molecule has 3 aromatic rings.